The third-order valence-corrected chi connectivity index (χ3v) is 3.38. The number of benzene rings is 1. The van der Waals surface area contributed by atoms with E-state index in [2.05, 4.69) is 28.7 Å². The molecule has 1 aromatic carbocycles. The second kappa shape index (κ2) is 5.25. The fraction of sp³-hybridized carbons (Fsp3) is 0.188. The van der Waals surface area contributed by atoms with E-state index in [1.54, 1.807) is 12.4 Å². The fourth-order valence-corrected chi connectivity index (χ4v) is 2.42. The molecule has 0 aliphatic rings. The summed E-state index contributed by atoms with van der Waals surface area (Å²) in [5.41, 5.74) is 9.10. The van der Waals surface area contributed by atoms with E-state index in [0.717, 1.165) is 34.4 Å². The summed E-state index contributed by atoms with van der Waals surface area (Å²) in [7, 11) is 0. The lowest BCUT2D eigenvalue weighted by Gasteiger charge is -2.04. The van der Waals surface area contributed by atoms with E-state index in [9.17, 15) is 0 Å². The van der Waals surface area contributed by atoms with Gasteiger partial charge in [0, 0.05) is 29.9 Å². The summed E-state index contributed by atoms with van der Waals surface area (Å²) in [6.45, 7) is 3.51. The maximum atomic E-state index is 6.08. The van der Waals surface area contributed by atoms with Gasteiger partial charge in [0.1, 0.15) is 12.4 Å². The molecule has 4 heteroatoms. The highest BCUT2D eigenvalue weighted by Crippen LogP contribution is 2.27. The number of nitrogens with two attached hydrogens (primary N) is 1. The van der Waals surface area contributed by atoms with E-state index in [4.69, 9.17) is 10.5 Å². The number of nitrogens with zero attached hydrogens (tertiary/aromatic N) is 2. The van der Waals surface area contributed by atoms with Gasteiger partial charge in [0.05, 0.1) is 17.4 Å². The molecule has 0 radical (unpaired) electrons. The molecule has 102 valence electrons. The van der Waals surface area contributed by atoms with Gasteiger partial charge in [0.2, 0.25) is 0 Å². The van der Waals surface area contributed by atoms with Gasteiger partial charge in [-0.25, -0.2) is 0 Å². The lowest BCUT2D eigenvalue weighted by atomic mass is 10.1. The standard InChI is InChI=1S/C16H17N3O/c1-2-19-10-12(11-20-13-5-4-8-18-9-13)14-6-3-7-15(17)16(14)19/h3-10H,2,11,17H2,1H3. The molecule has 0 saturated carbocycles. The first-order valence-corrected chi connectivity index (χ1v) is 6.68. The number of fused-ring (bicyclic) bond motifs is 1. The molecule has 0 aliphatic carbocycles. The van der Waals surface area contributed by atoms with Crippen LogP contribution in [0.2, 0.25) is 0 Å². The van der Waals surface area contributed by atoms with Crippen LogP contribution >= 0.6 is 0 Å². The molecule has 0 unspecified atom stereocenters. The van der Waals surface area contributed by atoms with Crippen LogP contribution in [0.25, 0.3) is 10.9 Å². The highest BCUT2D eigenvalue weighted by molar-refractivity contribution is 5.93. The largest absolute Gasteiger partial charge is 0.487 e. The maximum absolute atomic E-state index is 6.08. The minimum atomic E-state index is 0.513. The van der Waals surface area contributed by atoms with Gasteiger partial charge in [-0.15, -0.1) is 0 Å². The molecule has 20 heavy (non-hydrogen) atoms. The van der Waals surface area contributed by atoms with Crippen LogP contribution in [-0.2, 0) is 13.2 Å². The van der Waals surface area contributed by atoms with E-state index in [-0.39, 0.29) is 0 Å². The normalized spacial score (nSPS) is 10.8. The number of aryl methyl sites for hydroxylation is 1. The van der Waals surface area contributed by atoms with Crippen molar-refractivity contribution in [3.63, 3.8) is 0 Å². The van der Waals surface area contributed by atoms with Gasteiger partial charge in [-0.2, -0.15) is 0 Å². The van der Waals surface area contributed by atoms with Crippen molar-refractivity contribution in [1.29, 1.82) is 0 Å². The predicted octanol–water partition coefficient (Wildman–Crippen LogP) is 3.22. The molecule has 0 amide bonds. The number of para-hydroxylation sites is 1. The van der Waals surface area contributed by atoms with Crippen molar-refractivity contribution in [3.05, 3.63) is 54.5 Å². The van der Waals surface area contributed by atoms with E-state index in [0.29, 0.717) is 6.61 Å². The van der Waals surface area contributed by atoms with Crippen molar-refractivity contribution in [1.82, 2.24) is 9.55 Å². The van der Waals surface area contributed by atoms with Crippen LogP contribution in [0.5, 0.6) is 5.75 Å². The summed E-state index contributed by atoms with van der Waals surface area (Å²) in [6, 6.07) is 9.76. The zero-order valence-corrected chi connectivity index (χ0v) is 11.4. The number of aromatic nitrogens is 2. The number of nitrogen functional groups attached to an aromatic ring is 1. The minimum Gasteiger partial charge on any atom is -0.487 e. The Hall–Kier alpha value is -2.49. The molecule has 3 aromatic rings. The average Bonchev–Trinajstić information content (AvgIpc) is 2.86. The van der Waals surface area contributed by atoms with Gasteiger partial charge in [-0.1, -0.05) is 12.1 Å². The average molecular weight is 267 g/mol. The molecule has 2 N–H and O–H groups in total. The summed E-state index contributed by atoms with van der Waals surface area (Å²) in [4.78, 5) is 4.04. The predicted molar refractivity (Wildman–Crippen MR) is 80.6 cm³/mol. The number of pyridine rings is 1. The quantitative estimate of drug-likeness (QED) is 0.738. The Balaban J connectivity index is 1.94. The van der Waals surface area contributed by atoms with E-state index in [1.807, 2.05) is 24.3 Å². The van der Waals surface area contributed by atoms with Gasteiger partial charge in [-0.3, -0.25) is 4.98 Å². The SMILES string of the molecule is CCn1cc(COc2cccnc2)c2cccc(N)c21. The minimum absolute atomic E-state index is 0.513. The zero-order chi connectivity index (χ0) is 13.9. The summed E-state index contributed by atoms with van der Waals surface area (Å²) < 4.78 is 7.94. The Bertz CT molecular complexity index is 719. The summed E-state index contributed by atoms with van der Waals surface area (Å²) in [5, 5.41) is 1.15. The zero-order valence-electron chi connectivity index (χ0n) is 11.4. The van der Waals surface area contributed by atoms with Crippen LogP contribution in [0.4, 0.5) is 5.69 Å². The fourth-order valence-electron chi connectivity index (χ4n) is 2.42. The molecule has 2 aromatic heterocycles. The molecule has 4 nitrogen and oxygen atoms in total. The summed E-state index contributed by atoms with van der Waals surface area (Å²) in [6.07, 6.45) is 5.56. The third-order valence-electron chi connectivity index (χ3n) is 3.38. The molecule has 0 atom stereocenters. The van der Waals surface area contributed by atoms with Crippen molar-refractivity contribution in [3.8, 4) is 5.75 Å². The van der Waals surface area contributed by atoms with E-state index < -0.39 is 0 Å². The second-order valence-corrected chi connectivity index (χ2v) is 4.66. The molecular formula is C16H17N3O. The smallest absolute Gasteiger partial charge is 0.138 e. The second-order valence-electron chi connectivity index (χ2n) is 4.66. The summed E-state index contributed by atoms with van der Waals surface area (Å²) >= 11 is 0. The third kappa shape index (κ3) is 2.20. The van der Waals surface area contributed by atoms with Crippen molar-refractivity contribution >= 4 is 16.6 Å². The van der Waals surface area contributed by atoms with Crippen molar-refractivity contribution < 1.29 is 4.74 Å². The lowest BCUT2D eigenvalue weighted by Crippen LogP contribution is -1.95. The molecular weight excluding hydrogens is 250 g/mol. The first-order valence-electron chi connectivity index (χ1n) is 6.68. The molecule has 0 bridgehead atoms. The highest BCUT2D eigenvalue weighted by Gasteiger charge is 2.10. The highest BCUT2D eigenvalue weighted by atomic mass is 16.5. The molecule has 3 rings (SSSR count). The van der Waals surface area contributed by atoms with Crippen molar-refractivity contribution in [2.24, 2.45) is 0 Å². The molecule has 0 spiro atoms. The van der Waals surface area contributed by atoms with E-state index >= 15 is 0 Å². The first-order chi connectivity index (χ1) is 9.79. The Morgan fingerprint density at radius 1 is 1.25 bits per heavy atom. The van der Waals surface area contributed by atoms with Crippen LogP contribution in [0.1, 0.15) is 12.5 Å². The van der Waals surface area contributed by atoms with Gasteiger partial charge >= 0.3 is 0 Å². The maximum Gasteiger partial charge on any atom is 0.138 e. The number of anilines is 1. The van der Waals surface area contributed by atoms with E-state index in [1.165, 1.54) is 0 Å². The van der Waals surface area contributed by atoms with Gasteiger partial charge in [0.15, 0.2) is 0 Å². The molecule has 2 heterocycles. The van der Waals surface area contributed by atoms with Crippen LogP contribution in [0, 0.1) is 0 Å². The van der Waals surface area contributed by atoms with Crippen LogP contribution < -0.4 is 10.5 Å². The Labute approximate surface area is 117 Å². The van der Waals surface area contributed by atoms with Crippen molar-refractivity contribution in [2.75, 3.05) is 5.73 Å². The lowest BCUT2D eigenvalue weighted by molar-refractivity contribution is 0.306. The van der Waals surface area contributed by atoms with Crippen LogP contribution in [0.3, 0.4) is 0 Å². The van der Waals surface area contributed by atoms with Gasteiger partial charge in [0.25, 0.3) is 0 Å². The first kappa shape index (κ1) is 12.5. The number of hydrogen-bond acceptors (Lipinski definition) is 3. The van der Waals surface area contributed by atoms with Gasteiger partial charge in [-0.05, 0) is 25.1 Å². The number of ether oxygens (including phenoxy) is 1. The number of rotatable bonds is 4. The topological polar surface area (TPSA) is 53.1 Å². The monoisotopic (exact) mass is 267 g/mol. The Kier molecular flexibility index (Phi) is 3.29. The molecule has 0 aliphatic heterocycles. The Morgan fingerprint density at radius 3 is 2.90 bits per heavy atom. The Morgan fingerprint density at radius 2 is 2.15 bits per heavy atom. The molecule has 0 fully saturated rings. The van der Waals surface area contributed by atoms with Crippen LogP contribution in [-0.4, -0.2) is 9.55 Å². The molecule has 0 saturated heterocycles. The van der Waals surface area contributed by atoms with Crippen LogP contribution in [0.15, 0.2) is 48.9 Å². The number of hydrogen-bond donors (Lipinski definition) is 1. The summed E-state index contributed by atoms with van der Waals surface area (Å²) in [5.74, 6) is 0.772. The van der Waals surface area contributed by atoms with Gasteiger partial charge < -0.3 is 15.0 Å². The van der Waals surface area contributed by atoms with Crippen molar-refractivity contribution in [2.45, 2.75) is 20.1 Å².